The average Bonchev–Trinajstić information content (AvgIpc) is 3.44. The van der Waals surface area contributed by atoms with Crippen molar-refractivity contribution in [1.29, 1.82) is 0 Å². The predicted molar refractivity (Wildman–Crippen MR) is 102 cm³/mol. The fraction of sp³-hybridized carbons (Fsp3) is 0.700. The molecule has 7 heteroatoms. The van der Waals surface area contributed by atoms with Crippen molar-refractivity contribution >= 4 is 22.9 Å². The Labute approximate surface area is 159 Å². The first kappa shape index (κ1) is 17.0. The first-order valence-corrected chi connectivity index (χ1v) is 10.5. The van der Waals surface area contributed by atoms with Gasteiger partial charge in [-0.3, -0.25) is 4.79 Å². The van der Waals surface area contributed by atoms with Gasteiger partial charge in [0.2, 0.25) is 11.8 Å². The molecule has 0 amide bonds. The molecule has 0 spiro atoms. The lowest BCUT2D eigenvalue weighted by atomic mass is 9.94. The van der Waals surface area contributed by atoms with Crippen molar-refractivity contribution in [3.63, 3.8) is 0 Å². The van der Waals surface area contributed by atoms with Crippen molar-refractivity contribution in [3.8, 4) is 5.88 Å². The molecule has 0 bridgehead atoms. The molecule has 3 heterocycles. The Morgan fingerprint density at radius 1 is 0.963 bits per heavy atom. The third-order valence-corrected chi connectivity index (χ3v) is 6.21. The van der Waals surface area contributed by atoms with Crippen LogP contribution in [0.1, 0.15) is 70.3 Å². The lowest BCUT2D eigenvalue weighted by Crippen LogP contribution is -2.24. The van der Waals surface area contributed by atoms with Gasteiger partial charge in [0.1, 0.15) is 6.10 Å². The van der Waals surface area contributed by atoms with Gasteiger partial charge in [0.05, 0.1) is 12.4 Å². The third-order valence-electron chi connectivity index (χ3n) is 6.21. The summed E-state index contributed by atoms with van der Waals surface area (Å²) >= 11 is 0. The molecule has 1 aliphatic heterocycles. The molecule has 1 unspecified atom stereocenters. The van der Waals surface area contributed by atoms with Gasteiger partial charge < -0.3 is 14.2 Å². The maximum atomic E-state index is 12.5. The molecule has 2 aromatic rings. The number of ether oxygens (including phenoxy) is 1. The number of hydrogen-bond donors (Lipinski definition) is 0. The fourth-order valence-electron chi connectivity index (χ4n) is 4.67. The largest absolute Gasteiger partial charge is 0.473 e. The standard InChI is InChI=1S/C20H27N5O2/c26-16-10-4-3-9-15(16)25-13-21-17-18(25)22-20(24-11-5-6-12-24)23-19(17)27-14-7-1-2-8-14/h13-15H,1-12H2. The van der Waals surface area contributed by atoms with Crippen LogP contribution in [-0.4, -0.2) is 44.5 Å². The Balaban J connectivity index is 1.58. The highest BCUT2D eigenvalue weighted by molar-refractivity contribution is 5.86. The minimum absolute atomic E-state index is 0.149. The van der Waals surface area contributed by atoms with Crippen LogP contribution in [0.15, 0.2) is 6.33 Å². The monoisotopic (exact) mass is 369 g/mol. The fourth-order valence-corrected chi connectivity index (χ4v) is 4.67. The smallest absolute Gasteiger partial charge is 0.247 e. The lowest BCUT2D eigenvalue weighted by molar-refractivity contribution is -0.123. The number of anilines is 1. The summed E-state index contributed by atoms with van der Waals surface area (Å²) < 4.78 is 8.25. The Kier molecular flexibility index (Phi) is 4.45. The second-order valence-corrected chi connectivity index (χ2v) is 8.10. The molecule has 0 N–H and O–H groups in total. The van der Waals surface area contributed by atoms with Crippen molar-refractivity contribution in [2.24, 2.45) is 0 Å². The van der Waals surface area contributed by atoms with E-state index in [4.69, 9.17) is 14.7 Å². The summed E-state index contributed by atoms with van der Waals surface area (Å²) in [6.07, 6.45) is 12.5. The molecule has 0 radical (unpaired) electrons. The number of ketones is 1. The highest BCUT2D eigenvalue weighted by Gasteiger charge is 2.29. The van der Waals surface area contributed by atoms with E-state index < -0.39 is 0 Å². The van der Waals surface area contributed by atoms with E-state index in [2.05, 4.69) is 9.88 Å². The number of Topliss-reactive ketones (excluding diaryl/α,β-unsaturated/α-hetero) is 1. The zero-order chi connectivity index (χ0) is 18.2. The zero-order valence-electron chi connectivity index (χ0n) is 15.8. The number of aromatic nitrogens is 4. The molecule has 3 fully saturated rings. The van der Waals surface area contributed by atoms with Crippen LogP contribution in [0.5, 0.6) is 5.88 Å². The van der Waals surface area contributed by atoms with Crippen LogP contribution < -0.4 is 9.64 Å². The first-order chi connectivity index (χ1) is 13.3. The van der Waals surface area contributed by atoms with E-state index in [1.54, 1.807) is 6.33 Å². The van der Waals surface area contributed by atoms with Gasteiger partial charge in [0.15, 0.2) is 16.9 Å². The Morgan fingerprint density at radius 3 is 2.52 bits per heavy atom. The number of nitrogens with zero attached hydrogens (tertiary/aromatic N) is 5. The molecule has 2 saturated carbocycles. The quantitative estimate of drug-likeness (QED) is 0.822. The van der Waals surface area contributed by atoms with E-state index in [1.165, 1.54) is 25.7 Å². The number of hydrogen-bond acceptors (Lipinski definition) is 6. The van der Waals surface area contributed by atoms with Crippen LogP contribution in [0, 0.1) is 0 Å². The first-order valence-electron chi connectivity index (χ1n) is 10.5. The minimum Gasteiger partial charge on any atom is -0.473 e. The van der Waals surface area contributed by atoms with Crippen molar-refractivity contribution in [2.75, 3.05) is 18.0 Å². The van der Waals surface area contributed by atoms with Gasteiger partial charge in [-0.05, 0) is 51.4 Å². The van der Waals surface area contributed by atoms with Gasteiger partial charge in [-0.15, -0.1) is 0 Å². The Morgan fingerprint density at radius 2 is 1.74 bits per heavy atom. The maximum absolute atomic E-state index is 12.5. The number of rotatable bonds is 4. The molecule has 2 aliphatic carbocycles. The summed E-state index contributed by atoms with van der Waals surface area (Å²) in [6, 6.07) is -0.149. The second-order valence-electron chi connectivity index (χ2n) is 8.10. The van der Waals surface area contributed by atoms with Crippen molar-refractivity contribution in [3.05, 3.63) is 6.33 Å². The molecule has 144 valence electrons. The Hall–Kier alpha value is -2.18. The summed E-state index contributed by atoms with van der Waals surface area (Å²) in [6.45, 7) is 1.95. The minimum atomic E-state index is -0.149. The summed E-state index contributed by atoms with van der Waals surface area (Å²) in [5.74, 6) is 1.61. The van der Waals surface area contributed by atoms with Crippen molar-refractivity contribution < 1.29 is 9.53 Å². The normalized spacial score (nSPS) is 24.2. The van der Waals surface area contributed by atoms with Crippen LogP contribution in [-0.2, 0) is 4.79 Å². The van der Waals surface area contributed by atoms with Gasteiger partial charge in [-0.1, -0.05) is 6.42 Å². The molecule has 2 aromatic heterocycles. The molecule has 1 atom stereocenters. The summed E-state index contributed by atoms with van der Waals surface area (Å²) in [4.78, 5) is 28.9. The predicted octanol–water partition coefficient (Wildman–Crippen LogP) is 3.43. The van der Waals surface area contributed by atoms with E-state index in [0.717, 1.165) is 56.8 Å². The zero-order valence-corrected chi connectivity index (χ0v) is 15.8. The maximum Gasteiger partial charge on any atom is 0.247 e. The average molecular weight is 369 g/mol. The highest BCUT2D eigenvalue weighted by Crippen LogP contribution is 2.33. The highest BCUT2D eigenvalue weighted by atomic mass is 16.5. The van der Waals surface area contributed by atoms with Gasteiger partial charge in [0, 0.05) is 19.5 Å². The van der Waals surface area contributed by atoms with Crippen LogP contribution in [0.25, 0.3) is 11.2 Å². The Bertz CT molecular complexity index is 836. The van der Waals surface area contributed by atoms with Gasteiger partial charge in [-0.25, -0.2) is 4.98 Å². The van der Waals surface area contributed by atoms with Gasteiger partial charge in [0.25, 0.3) is 0 Å². The summed E-state index contributed by atoms with van der Waals surface area (Å²) in [5, 5.41) is 0. The molecule has 0 aromatic carbocycles. The van der Waals surface area contributed by atoms with Crippen LogP contribution in [0.2, 0.25) is 0 Å². The summed E-state index contributed by atoms with van der Waals surface area (Å²) in [5.41, 5.74) is 1.45. The lowest BCUT2D eigenvalue weighted by Gasteiger charge is -2.23. The molecule has 1 saturated heterocycles. The van der Waals surface area contributed by atoms with Crippen LogP contribution in [0.3, 0.4) is 0 Å². The second kappa shape index (κ2) is 7.09. The number of carbonyl (C=O) groups excluding carboxylic acids is 1. The molecule has 3 aliphatic rings. The molecular formula is C20H27N5O2. The van der Waals surface area contributed by atoms with Gasteiger partial charge >= 0.3 is 0 Å². The SMILES string of the molecule is O=C1CCCCC1n1cnc2c(OC3CCCC3)nc(N3CCCC3)nc21. The van der Waals surface area contributed by atoms with Crippen LogP contribution in [0.4, 0.5) is 5.95 Å². The third kappa shape index (κ3) is 3.17. The summed E-state index contributed by atoms with van der Waals surface area (Å²) in [7, 11) is 0. The molecular weight excluding hydrogens is 342 g/mol. The number of fused-ring (bicyclic) bond motifs is 1. The topological polar surface area (TPSA) is 73.1 Å². The number of imidazole rings is 1. The number of carbonyl (C=O) groups is 1. The van der Waals surface area contributed by atoms with Crippen molar-refractivity contribution in [1.82, 2.24) is 19.5 Å². The molecule has 7 nitrogen and oxygen atoms in total. The molecule has 27 heavy (non-hydrogen) atoms. The van der Waals surface area contributed by atoms with Crippen molar-refractivity contribution in [2.45, 2.75) is 76.4 Å². The van der Waals surface area contributed by atoms with Crippen LogP contribution >= 0.6 is 0 Å². The van der Waals surface area contributed by atoms with E-state index in [9.17, 15) is 4.79 Å². The van der Waals surface area contributed by atoms with E-state index in [-0.39, 0.29) is 12.1 Å². The molecule has 5 rings (SSSR count). The van der Waals surface area contributed by atoms with E-state index >= 15 is 0 Å². The van der Waals surface area contributed by atoms with E-state index in [1.807, 2.05) is 4.57 Å². The van der Waals surface area contributed by atoms with Gasteiger partial charge in [-0.2, -0.15) is 9.97 Å². The van der Waals surface area contributed by atoms with E-state index in [0.29, 0.717) is 23.6 Å².